The van der Waals surface area contributed by atoms with Gasteiger partial charge in [0.2, 0.25) is 0 Å². The third kappa shape index (κ3) is 2.28. The summed E-state index contributed by atoms with van der Waals surface area (Å²) in [6.45, 7) is 5.65. The Bertz CT molecular complexity index is 428. The van der Waals surface area contributed by atoms with E-state index in [4.69, 9.17) is 5.73 Å². The zero-order valence-corrected chi connectivity index (χ0v) is 11.3. The van der Waals surface area contributed by atoms with Crippen LogP contribution in [0.5, 0.6) is 0 Å². The molecule has 17 heavy (non-hydrogen) atoms. The van der Waals surface area contributed by atoms with Crippen LogP contribution in [0.1, 0.15) is 20.3 Å². The van der Waals surface area contributed by atoms with Gasteiger partial charge in [-0.05, 0) is 20.3 Å². The van der Waals surface area contributed by atoms with Crippen molar-refractivity contribution >= 4 is 9.84 Å². The Labute approximate surface area is 103 Å². The van der Waals surface area contributed by atoms with Gasteiger partial charge in [0.25, 0.3) is 0 Å². The highest BCUT2D eigenvalue weighted by Crippen LogP contribution is 2.27. The molecule has 0 aliphatic carbocycles. The lowest BCUT2D eigenvalue weighted by Crippen LogP contribution is -2.57. The molecule has 2 aliphatic heterocycles. The van der Waals surface area contributed by atoms with Crippen LogP contribution in [0.25, 0.3) is 0 Å². The average molecular weight is 259 g/mol. The maximum absolute atomic E-state index is 11.9. The molecule has 2 rings (SSSR count). The van der Waals surface area contributed by atoms with Gasteiger partial charge in [0, 0.05) is 31.5 Å². The average Bonchev–Trinajstić information content (AvgIpc) is 2.23. The molecule has 0 saturated carbocycles. The standard InChI is InChI=1S/C11H21N3O2S/c1-11(2)8-14(5-6-17(11,15)16)10-3-4-13-7-9(10)12/h7,10,13H,3-6,8,12H2,1-2H3. The number of rotatable bonds is 1. The Morgan fingerprint density at radius 1 is 1.53 bits per heavy atom. The molecule has 2 heterocycles. The van der Waals surface area contributed by atoms with E-state index in [1.165, 1.54) is 0 Å². The highest BCUT2D eigenvalue weighted by atomic mass is 32.2. The molecule has 0 amide bonds. The van der Waals surface area contributed by atoms with Crippen molar-refractivity contribution < 1.29 is 8.42 Å². The van der Waals surface area contributed by atoms with E-state index in [9.17, 15) is 8.42 Å². The molecule has 3 N–H and O–H groups in total. The molecule has 0 radical (unpaired) electrons. The second kappa shape index (κ2) is 4.17. The molecule has 0 spiro atoms. The maximum Gasteiger partial charge on any atom is 0.157 e. The Hall–Kier alpha value is -0.750. The lowest BCUT2D eigenvalue weighted by molar-refractivity contribution is 0.189. The predicted molar refractivity (Wildman–Crippen MR) is 68.1 cm³/mol. The molecule has 98 valence electrons. The van der Waals surface area contributed by atoms with Crippen LogP contribution >= 0.6 is 0 Å². The van der Waals surface area contributed by atoms with Crippen LogP contribution < -0.4 is 11.1 Å². The van der Waals surface area contributed by atoms with Crippen LogP contribution in [0.2, 0.25) is 0 Å². The summed E-state index contributed by atoms with van der Waals surface area (Å²) < 4.78 is 23.2. The highest BCUT2D eigenvalue weighted by Gasteiger charge is 2.42. The first kappa shape index (κ1) is 12.7. The molecule has 0 bridgehead atoms. The summed E-state index contributed by atoms with van der Waals surface area (Å²) in [5.41, 5.74) is 6.78. The zero-order chi connectivity index (χ0) is 12.7. The van der Waals surface area contributed by atoms with Gasteiger partial charge >= 0.3 is 0 Å². The quantitative estimate of drug-likeness (QED) is 0.674. The number of sulfone groups is 1. The van der Waals surface area contributed by atoms with Crippen LogP contribution in [-0.4, -0.2) is 49.5 Å². The van der Waals surface area contributed by atoms with Crippen molar-refractivity contribution in [1.82, 2.24) is 10.2 Å². The first-order valence-electron chi connectivity index (χ1n) is 5.99. The van der Waals surface area contributed by atoms with Gasteiger partial charge in [-0.15, -0.1) is 0 Å². The second-order valence-corrected chi connectivity index (χ2v) is 8.19. The number of nitrogens with one attached hydrogen (secondary N) is 1. The van der Waals surface area contributed by atoms with E-state index in [-0.39, 0.29) is 11.8 Å². The molecule has 1 saturated heterocycles. The third-order valence-electron chi connectivity index (χ3n) is 3.73. The zero-order valence-electron chi connectivity index (χ0n) is 10.4. The SMILES string of the molecule is CC1(C)CN(C2CCNC=C2N)CCS1(=O)=O. The Balaban J connectivity index is 2.16. The van der Waals surface area contributed by atoms with E-state index in [0.717, 1.165) is 18.7 Å². The van der Waals surface area contributed by atoms with Crippen molar-refractivity contribution in [3.05, 3.63) is 11.9 Å². The molecule has 0 aromatic rings. The van der Waals surface area contributed by atoms with Crippen molar-refractivity contribution in [2.75, 3.05) is 25.4 Å². The molecule has 1 unspecified atom stereocenters. The molecule has 1 atom stereocenters. The van der Waals surface area contributed by atoms with Gasteiger partial charge in [-0.25, -0.2) is 8.42 Å². The minimum atomic E-state index is -2.97. The van der Waals surface area contributed by atoms with Gasteiger partial charge in [-0.2, -0.15) is 0 Å². The molecule has 6 heteroatoms. The molecular weight excluding hydrogens is 238 g/mol. The summed E-state index contributed by atoms with van der Waals surface area (Å²) in [6.07, 6.45) is 2.78. The number of hydrogen-bond acceptors (Lipinski definition) is 5. The van der Waals surface area contributed by atoms with Crippen LogP contribution in [0.4, 0.5) is 0 Å². The lowest BCUT2D eigenvalue weighted by Gasteiger charge is -2.42. The van der Waals surface area contributed by atoms with E-state index in [1.807, 2.05) is 6.20 Å². The van der Waals surface area contributed by atoms with E-state index in [0.29, 0.717) is 13.1 Å². The Morgan fingerprint density at radius 2 is 2.24 bits per heavy atom. The summed E-state index contributed by atoms with van der Waals surface area (Å²) in [4.78, 5) is 2.20. The molecule has 0 aromatic heterocycles. The number of hydrogen-bond donors (Lipinski definition) is 2. The third-order valence-corrected chi connectivity index (χ3v) is 6.26. The molecule has 2 aliphatic rings. The van der Waals surface area contributed by atoms with E-state index in [2.05, 4.69) is 10.2 Å². The van der Waals surface area contributed by atoms with Crippen molar-refractivity contribution in [3.8, 4) is 0 Å². The Morgan fingerprint density at radius 3 is 2.82 bits per heavy atom. The van der Waals surface area contributed by atoms with Gasteiger partial charge in [-0.1, -0.05) is 0 Å². The normalized spacial score (nSPS) is 32.6. The largest absolute Gasteiger partial charge is 0.400 e. The van der Waals surface area contributed by atoms with Crippen LogP contribution in [0.3, 0.4) is 0 Å². The van der Waals surface area contributed by atoms with Gasteiger partial charge in [0.1, 0.15) is 0 Å². The molecule has 1 fully saturated rings. The summed E-state index contributed by atoms with van der Waals surface area (Å²) in [7, 11) is -2.97. The summed E-state index contributed by atoms with van der Waals surface area (Å²) >= 11 is 0. The number of nitrogens with two attached hydrogens (primary N) is 1. The van der Waals surface area contributed by atoms with Crippen LogP contribution in [-0.2, 0) is 9.84 Å². The molecule has 0 aromatic carbocycles. The second-order valence-electron chi connectivity index (χ2n) is 5.45. The molecule has 5 nitrogen and oxygen atoms in total. The van der Waals surface area contributed by atoms with Gasteiger partial charge in [0.15, 0.2) is 9.84 Å². The number of nitrogens with zero attached hydrogens (tertiary/aromatic N) is 1. The van der Waals surface area contributed by atoms with E-state index >= 15 is 0 Å². The van der Waals surface area contributed by atoms with Crippen molar-refractivity contribution in [3.63, 3.8) is 0 Å². The summed E-state index contributed by atoms with van der Waals surface area (Å²) in [5.74, 6) is 0.233. The first-order valence-corrected chi connectivity index (χ1v) is 7.64. The fourth-order valence-electron chi connectivity index (χ4n) is 2.51. The topological polar surface area (TPSA) is 75.4 Å². The Kier molecular flexibility index (Phi) is 3.12. The minimum Gasteiger partial charge on any atom is -0.400 e. The summed E-state index contributed by atoms with van der Waals surface area (Å²) in [5, 5.41) is 3.11. The highest BCUT2D eigenvalue weighted by molar-refractivity contribution is 7.92. The maximum atomic E-state index is 11.9. The van der Waals surface area contributed by atoms with Gasteiger partial charge < -0.3 is 11.1 Å². The van der Waals surface area contributed by atoms with Gasteiger partial charge in [0.05, 0.1) is 16.5 Å². The molecular formula is C11H21N3O2S. The monoisotopic (exact) mass is 259 g/mol. The van der Waals surface area contributed by atoms with Crippen LogP contribution in [0, 0.1) is 0 Å². The van der Waals surface area contributed by atoms with Crippen molar-refractivity contribution in [2.45, 2.75) is 31.1 Å². The smallest absolute Gasteiger partial charge is 0.157 e. The fourth-order valence-corrected chi connectivity index (χ4v) is 3.90. The first-order chi connectivity index (χ1) is 7.83. The van der Waals surface area contributed by atoms with E-state index < -0.39 is 14.6 Å². The van der Waals surface area contributed by atoms with Gasteiger partial charge in [-0.3, -0.25) is 4.90 Å². The minimum absolute atomic E-state index is 0.186. The summed E-state index contributed by atoms with van der Waals surface area (Å²) in [6, 6.07) is 0.186. The van der Waals surface area contributed by atoms with Crippen molar-refractivity contribution in [2.24, 2.45) is 5.73 Å². The predicted octanol–water partition coefficient (Wildman–Crippen LogP) is -0.343. The van der Waals surface area contributed by atoms with Crippen LogP contribution in [0.15, 0.2) is 11.9 Å². The van der Waals surface area contributed by atoms with Crippen molar-refractivity contribution in [1.29, 1.82) is 0 Å². The fraction of sp³-hybridized carbons (Fsp3) is 0.818. The lowest BCUT2D eigenvalue weighted by atomic mass is 10.0. The van der Waals surface area contributed by atoms with E-state index in [1.54, 1.807) is 13.8 Å².